The lowest BCUT2D eigenvalue weighted by molar-refractivity contribution is 0.963. The largest absolute Gasteiger partial charge is 0.296 e. The maximum atomic E-state index is 11.4. The number of thiol groups is 1. The van der Waals surface area contributed by atoms with Crippen molar-refractivity contribution in [2.24, 2.45) is 0 Å². The molecule has 0 saturated heterocycles. The Labute approximate surface area is 79.7 Å². The number of aromatic nitrogens is 1. The number of nitrogens with zero attached hydrogens (tertiary/aromatic N) is 1. The van der Waals surface area contributed by atoms with Crippen molar-refractivity contribution >= 4 is 22.0 Å². The summed E-state index contributed by atoms with van der Waals surface area (Å²) in [7, 11) is 2.39. The van der Waals surface area contributed by atoms with Gasteiger partial charge in [-0.2, -0.15) is 0 Å². The van der Waals surface area contributed by atoms with E-state index in [1.807, 2.05) is 20.8 Å². The van der Waals surface area contributed by atoms with Gasteiger partial charge in [-0.05, 0) is 41.3 Å². The van der Waals surface area contributed by atoms with Crippen molar-refractivity contribution in [2.75, 3.05) is 0 Å². The van der Waals surface area contributed by atoms with Crippen molar-refractivity contribution in [3.8, 4) is 0 Å². The van der Waals surface area contributed by atoms with E-state index in [0.29, 0.717) is 4.90 Å². The van der Waals surface area contributed by atoms with Gasteiger partial charge in [0.05, 0.1) is 4.90 Å². The van der Waals surface area contributed by atoms with Crippen molar-refractivity contribution in [2.45, 2.75) is 25.7 Å². The molecule has 12 heavy (non-hydrogen) atoms. The van der Waals surface area contributed by atoms with E-state index in [0.717, 1.165) is 16.8 Å². The van der Waals surface area contributed by atoms with Crippen LogP contribution in [0.25, 0.3) is 0 Å². The Morgan fingerprint density at radius 3 is 2.25 bits per heavy atom. The molecule has 0 aliphatic carbocycles. The molecule has 0 radical (unpaired) electrons. The van der Waals surface area contributed by atoms with Crippen LogP contribution in [-0.2, 0) is 0 Å². The molecule has 0 aliphatic heterocycles. The average molecular weight is 201 g/mol. The average Bonchev–Trinajstić information content (AvgIpc) is 2.08. The summed E-state index contributed by atoms with van der Waals surface area (Å²) in [6, 6.07) is 0. The Hall–Kier alpha value is -0.270. The first-order chi connectivity index (χ1) is 5.46. The third-order valence-corrected chi connectivity index (χ3v) is 3.39. The Morgan fingerprint density at radius 1 is 1.25 bits per heavy atom. The number of hydrogen-bond acceptors (Lipinski definition) is 2. The van der Waals surface area contributed by atoms with E-state index in [-0.39, 0.29) is 5.56 Å². The van der Waals surface area contributed by atoms with Crippen molar-refractivity contribution < 1.29 is 0 Å². The van der Waals surface area contributed by atoms with Gasteiger partial charge in [-0.3, -0.25) is 9.13 Å². The molecule has 0 fully saturated rings. The highest BCUT2D eigenvalue weighted by Gasteiger charge is 2.08. The van der Waals surface area contributed by atoms with Gasteiger partial charge in [0, 0.05) is 5.69 Å². The number of rotatable bonds is 0. The number of hydrogen-bond donors (Lipinski definition) is 1. The third-order valence-electron chi connectivity index (χ3n) is 2.24. The quantitative estimate of drug-likeness (QED) is 0.501. The van der Waals surface area contributed by atoms with E-state index in [4.69, 9.17) is 0 Å². The first-order valence-corrected chi connectivity index (χ1v) is 4.60. The van der Waals surface area contributed by atoms with Crippen LogP contribution < -0.4 is 5.56 Å². The van der Waals surface area contributed by atoms with Crippen LogP contribution in [0.2, 0.25) is 0 Å². The summed E-state index contributed by atoms with van der Waals surface area (Å²) in [5.74, 6) is 0. The minimum Gasteiger partial charge on any atom is -0.296 e. The fourth-order valence-electron chi connectivity index (χ4n) is 1.06. The Kier molecular flexibility index (Phi) is 2.64. The molecule has 1 heterocycles. The van der Waals surface area contributed by atoms with Crippen LogP contribution in [0, 0.1) is 20.8 Å². The lowest BCUT2D eigenvalue weighted by atomic mass is 10.1. The van der Waals surface area contributed by atoms with Crippen LogP contribution in [0.3, 0.4) is 0 Å². The molecule has 2 nitrogen and oxygen atoms in total. The van der Waals surface area contributed by atoms with Crippen LogP contribution in [0.1, 0.15) is 16.8 Å². The summed E-state index contributed by atoms with van der Waals surface area (Å²) in [6.45, 7) is 5.82. The molecular formula is C8H12NOPS. The summed E-state index contributed by atoms with van der Waals surface area (Å²) in [6.07, 6.45) is 0. The van der Waals surface area contributed by atoms with Gasteiger partial charge in [-0.15, -0.1) is 12.6 Å². The van der Waals surface area contributed by atoms with Gasteiger partial charge in [-0.25, -0.2) is 0 Å². The van der Waals surface area contributed by atoms with Crippen LogP contribution in [0.15, 0.2) is 9.69 Å². The fourth-order valence-corrected chi connectivity index (χ4v) is 1.76. The molecular weight excluding hydrogens is 189 g/mol. The van der Waals surface area contributed by atoms with Crippen LogP contribution in [0.4, 0.5) is 0 Å². The van der Waals surface area contributed by atoms with E-state index < -0.39 is 0 Å². The lowest BCUT2D eigenvalue weighted by Gasteiger charge is -2.11. The second-order valence-corrected chi connectivity index (χ2v) is 3.82. The predicted molar refractivity (Wildman–Crippen MR) is 57.3 cm³/mol. The molecule has 0 N–H and O–H groups in total. The van der Waals surface area contributed by atoms with Crippen molar-refractivity contribution in [3.63, 3.8) is 0 Å². The van der Waals surface area contributed by atoms with Crippen molar-refractivity contribution in [1.82, 2.24) is 4.34 Å². The van der Waals surface area contributed by atoms with Gasteiger partial charge in [-0.1, -0.05) is 0 Å². The number of pyridine rings is 1. The fraction of sp³-hybridized carbons (Fsp3) is 0.375. The second kappa shape index (κ2) is 3.23. The Balaban J connectivity index is 3.73. The van der Waals surface area contributed by atoms with E-state index in [2.05, 4.69) is 22.0 Å². The highest BCUT2D eigenvalue weighted by molar-refractivity contribution is 7.80. The molecule has 0 bridgehead atoms. The van der Waals surface area contributed by atoms with E-state index in [1.54, 1.807) is 4.34 Å². The lowest BCUT2D eigenvalue weighted by Crippen LogP contribution is -2.18. The molecule has 1 unspecified atom stereocenters. The maximum absolute atomic E-state index is 11.4. The van der Waals surface area contributed by atoms with Gasteiger partial charge in [0.25, 0.3) is 5.56 Å². The summed E-state index contributed by atoms with van der Waals surface area (Å²) >= 11 is 4.15. The van der Waals surface area contributed by atoms with Crippen LogP contribution in [0.5, 0.6) is 0 Å². The molecule has 1 atom stereocenters. The first-order valence-electron chi connectivity index (χ1n) is 3.63. The van der Waals surface area contributed by atoms with Crippen molar-refractivity contribution in [3.05, 3.63) is 27.2 Å². The van der Waals surface area contributed by atoms with Gasteiger partial charge < -0.3 is 0 Å². The first kappa shape index (κ1) is 9.82. The van der Waals surface area contributed by atoms with E-state index >= 15 is 0 Å². The predicted octanol–water partition coefficient (Wildman–Crippen LogP) is 1.70. The van der Waals surface area contributed by atoms with Crippen LogP contribution >= 0.6 is 22.0 Å². The second-order valence-electron chi connectivity index (χ2n) is 2.86. The minimum atomic E-state index is -0.0519. The molecule has 0 saturated carbocycles. The molecule has 0 amide bonds. The highest BCUT2D eigenvalue weighted by Crippen LogP contribution is 2.17. The zero-order valence-corrected chi connectivity index (χ0v) is 9.43. The third kappa shape index (κ3) is 1.32. The smallest absolute Gasteiger partial charge is 0.267 e. The molecule has 66 valence electrons. The zero-order chi connectivity index (χ0) is 9.46. The maximum Gasteiger partial charge on any atom is 0.267 e. The topological polar surface area (TPSA) is 22.0 Å². The summed E-state index contributed by atoms with van der Waals surface area (Å²) in [4.78, 5) is 12.0. The van der Waals surface area contributed by atoms with Gasteiger partial charge in [0.15, 0.2) is 0 Å². The standard InChI is InChI=1S/C8H12NOPS/c1-4-5(2)7(12)8(10)9(11)6(4)3/h12H,11H2,1-3H3. The molecule has 0 aliphatic rings. The summed E-state index contributed by atoms with van der Waals surface area (Å²) < 4.78 is 1.55. The monoisotopic (exact) mass is 201 g/mol. The molecule has 4 heteroatoms. The Bertz CT molecular complexity index is 351. The highest BCUT2D eigenvalue weighted by atomic mass is 32.1. The summed E-state index contributed by atoms with van der Waals surface area (Å²) in [5, 5.41) is 0. The zero-order valence-electron chi connectivity index (χ0n) is 7.38. The van der Waals surface area contributed by atoms with Crippen LogP contribution in [-0.4, -0.2) is 4.34 Å². The minimum absolute atomic E-state index is 0.0519. The Morgan fingerprint density at radius 2 is 1.75 bits per heavy atom. The van der Waals surface area contributed by atoms with Gasteiger partial charge >= 0.3 is 0 Å². The van der Waals surface area contributed by atoms with E-state index in [9.17, 15) is 4.79 Å². The van der Waals surface area contributed by atoms with Crippen molar-refractivity contribution in [1.29, 1.82) is 0 Å². The van der Waals surface area contributed by atoms with Gasteiger partial charge in [0.1, 0.15) is 0 Å². The molecule has 0 spiro atoms. The molecule has 0 aromatic carbocycles. The van der Waals surface area contributed by atoms with E-state index in [1.165, 1.54) is 0 Å². The normalized spacial score (nSPS) is 10.4. The molecule has 1 aromatic heterocycles. The molecule has 1 aromatic rings. The molecule has 1 rings (SSSR count). The van der Waals surface area contributed by atoms with Gasteiger partial charge in [0.2, 0.25) is 0 Å². The summed E-state index contributed by atoms with van der Waals surface area (Å²) in [5.41, 5.74) is 3.01. The SMILES string of the molecule is Cc1c(C)c(C)n(P)c(=O)c1S.